The van der Waals surface area contributed by atoms with Crippen molar-refractivity contribution in [3.05, 3.63) is 0 Å². The Labute approximate surface area is 114 Å². The zero-order valence-electron chi connectivity index (χ0n) is 11.6. The molecule has 108 valence electrons. The quantitative estimate of drug-likeness (QED) is 0.800. The normalized spacial score (nSPS) is 32.2. The highest BCUT2D eigenvalue weighted by atomic mass is 16.4. The summed E-state index contributed by atoms with van der Waals surface area (Å²) in [6.45, 7) is 1.86. The lowest BCUT2D eigenvalue weighted by Crippen LogP contribution is -2.41. The van der Waals surface area contributed by atoms with Crippen LogP contribution in [0.15, 0.2) is 0 Å². The lowest BCUT2D eigenvalue weighted by Gasteiger charge is -2.29. The Morgan fingerprint density at radius 3 is 2.42 bits per heavy atom. The van der Waals surface area contributed by atoms with Gasteiger partial charge in [0.05, 0.1) is 5.92 Å². The number of aliphatic carboxylic acids is 1. The van der Waals surface area contributed by atoms with Crippen molar-refractivity contribution in [2.45, 2.75) is 44.6 Å². The Hall–Kier alpha value is -1.10. The van der Waals surface area contributed by atoms with Crippen LogP contribution in [0, 0.1) is 11.8 Å². The number of rotatable bonds is 4. The highest BCUT2D eigenvalue weighted by Gasteiger charge is 2.29. The SMILES string of the molecule is CN1CCC(C(=O)NC2CCC(CC(=O)O)CC2)C1. The molecule has 2 rings (SSSR count). The minimum Gasteiger partial charge on any atom is -0.481 e. The van der Waals surface area contributed by atoms with E-state index in [1.165, 1.54) is 0 Å². The van der Waals surface area contributed by atoms with Gasteiger partial charge in [0.15, 0.2) is 0 Å². The molecule has 1 heterocycles. The van der Waals surface area contributed by atoms with Gasteiger partial charge in [0.1, 0.15) is 0 Å². The lowest BCUT2D eigenvalue weighted by atomic mass is 9.84. The molecular formula is C14H24N2O3. The Balaban J connectivity index is 1.70. The van der Waals surface area contributed by atoms with E-state index in [1.807, 2.05) is 7.05 Å². The molecule has 0 aromatic rings. The lowest BCUT2D eigenvalue weighted by molar-refractivity contribution is -0.138. The van der Waals surface area contributed by atoms with E-state index in [-0.39, 0.29) is 24.3 Å². The minimum absolute atomic E-state index is 0.141. The maximum Gasteiger partial charge on any atom is 0.303 e. The fraction of sp³-hybridized carbons (Fsp3) is 0.857. The Bertz CT molecular complexity index is 338. The number of carbonyl (C=O) groups excluding carboxylic acids is 1. The van der Waals surface area contributed by atoms with Crippen molar-refractivity contribution >= 4 is 11.9 Å². The van der Waals surface area contributed by atoms with Crippen LogP contribution in [0.1, 0.15) is 38.5 Å². The number of carboxylic acid groups (broad SMARTS) is 1. The third-order valence-electron chi connectivity index (χ3n) is 4.42. The summed E-state index contributed by atoms with van der Waals surface area (Å²) in [7, 11) is 2.05. The van der Waals surface area contributed by atoms with Crippen LogP contribution in [-0.4, -0.2) is 48.1 Å². The van der Waals surface area contributed by atoms with Crippen molar-refractivity contribution in [3.8, 4) is 0 Å². The van der Waals surface area contributed by atoms with E-state index in [9.17, 15) is 9.59 Å². The summed E-state index contributed by atoms with van der Waals surface area (Å²) in [5, 5.41) is 11.9. The number of amides is 1. The molecule has 1 amide bonds. The van der Waals surface area contributed by atoms with Crippen LogP contribution < -0.4 is 5.32 Å². The number of nitrogens with one attached hydrogen (secondary N) is 1. The van der Waals surface area contributed by atoms with Crippen molar-refractivity contribution in [1.82, 2.24) is 10.2 Å². The standard InChI is InChI=1S/C14H24N2O3/c1-16-7-6-11(9-16)14(19)15-12-4-2-10(3-5-12)8-13(17)18/h10-12H,2-9H2,1H3,(H,15,19)(H,17,18). The third-order valence-corrected chi connectivity index (χ3v) is 4.42. The van der Waals surface area contributed by atoms with Crippen LogP contribution in [-0.2, 0) is 9.59 Å². The minimum atomic E-state index is -0.707. The first-order chi connectivity index (χ1) is 9.04. The number of nitrogens with zero attached hydrogens (tertiary/aromatic N) is 1. The van der Waals surface area contributed by atoms with E-state index in [2.05, 4.69) is 10.2 Å². The van der Waals surface area contributed by atoms with Gasteiger partial charge in [-0.2, -0.15) is 0 Å². The molecule has 0 bridgehead atoms. The van der Waals surface area contributed by atoms with Gasteiger partial charge >= 0.3 is 5.97 Å². The van der Waals surface area contributed by atoms with E-state index in [1.54, 1.807) is 0 Å². The molecule has 1 aliphatic carbocycles. The molecule has 1 unspecified atom stereocenters. The van der Waals surface area contributed by atoms with Crippen LogP contribution in [0.3, 0.4) is 0 Å². The molecule has 19 heavy (non-hydrogen) atoms. The highest BCUT2D eigenvalue weighted by molar-refractivity contribution is 5.79. The summed E-state index contributed by atoms with van der Waals surface area (Å²) in [6, 6.07) is 0.253. The van der Waals surface area contributed by atoms with Crippen LogP contribution >= 0.6 is 0 Å². The van der Waals surface area contributed by atoms with Gasteiger partial charge in [-0.1, -0.05) is 0 Å². The molecule has 0 spiro atoms. The Morgan fingerprint density at radius 2 is 1.89 bits per heavy atom. The maximum atomic E-state index is 12.1. The van der Waals surface area contributed by atoms with E-state index >= 15 is 0 Å². The van der Waals surface area contributed by atoms with E-state index < -0.39 is 5.97 Å². The highest BCUT2D eigenvalue weighted by Crippen LogP contribution is 2.27. The molecule has 2 aliphatic rings. The molecule has 0 aromatic heterocycles. The fourth-order valence-electron chi connectivity index (χ4n) is 3.23. The topological polar surface area (TPSA) is 69.6 Å². The van der Waals surface area contributed by atoms with Crippen LogP contribution in [0.5, 0.6) is 0 Å². The van der Waals surface area contributed by atoms with Gasteiger partial charge in [0.25, 0.3) is 0 Å². The molecule has 1 saturated carbocycles. The van der Waals surface area contributed by atoms with Crippen LogP contribution in [0.2, 0.25) is 0 Å². The zero-order chi connectivity index (χ0) is 13.8. The number of hydrogen-bond donors (Lipinski definition) is 2. The fourth-order valence-corrected chi connectivity index (χ4v) is 3.23. The number of carbonyl (C=O) groups is 2. The van der Waals surface area contributed by atoms with Crippen molar-refractivity contribution in [2.75, 3.05) is 20.1 Å². The summed E-state index contributed by atoms with van der Waals surface area (Å²) in [5.41, 5.74) is 0. The molecule has 2 N–H and O–H groups in total. The second-order valence-electron chi connectivity index (χ2n) is 6.07. The molecular weight excluding hydrogens is 244 g/mol. The molecule has 1 saturated heterocycles. The smallest absolute Gasteiger partial charge is 0.303 e. The first-order valence-corrected chi connectivity index (χ1v) is 7.25. The van der Waals surface area contributed by atoms with E-state index in [4.69, 9.17) is 5.11 Å². The van der Waals surface area contributed by atoms with Gasteiger partial charge in [-0.3, -0.25) is 9.59 Å². The number of likely N-dealkylation sites (tertiary alicyclic amines) is 1. The number of carboxylic acids is 1. The van der Waals surface area contributed by atoms with Gasteiger partial charge in [-0.25, -0.2) is 0 Å². The van der Waals surface area contributed by atoms with Crippen molar-refractivity contribution in [2.24, 2.45) is 11.8 Å². The van der Waals surface area contributed by atoms with Gasteiger partial charge in [-0.15, -0.1) is 0 Å². The van der Waals surface area contributed by atoms with Crippen molar-refractivity contribution < 1.29 is 14.7 Å². The van der Waals surface area contributed by atoms with Crippen LogP contribution in [0.25, 0.3) is 0 Å². The second kappa shape index (κ2) is 6.37. The largest absolute Gasteiger partial charge is 0.481 e. The average molecular weight is 268 g/mol. The molecule has 1 atom stereocenters. The van der Waals surface area contributed by atoms with Gasteiger partial charge in [0.2, 0.25) is 5.91 Å². The van der Waals surface area contributed by atoms with Crippen molar-refractivity contribution in [1.29, 1.82) is 0 Å². The molecule has 0 radical (unpaired) electrons. The molecule has 5 heteroatoms. The number of hydrogen-bond acceptors (Lipinski definition) is 3. The van der Waals surface area contributed by atoms with Gasteiger partial charge in [-0.05, 0) is 51.6 Å². The molecule has 0 aromatic carbocycles. The first-order valence-electron chi connectivity index (χ1n) is 7.25. The molecule has 5 nitrogen and oxygen atoms in total. The monoisotopic (exact) mass is 268 g/mol. The predicted molar refractivity (Wildman–Crippen MR) is 71.7 cm³/mol. The average Bonchev–Trinajstić information content (AvgIpc) is 2.78. The molecule has 1 aliphatic heterocycles. The third kappa shape index (κ3) is 4.20. The molecule has 2 fully saturated rings. The predicted octanol–water partition coefficient (Wildman–Crippen LogP) is 1.09. The summed E-state index contributed by atoms with van der Waals surface area (Å²) in [6.07, 6.45) is 4.91. The van der Waals surface area contributed by atoms with Gasteiger partial charge in [0, 0.05) is 19.0 Å². The second-order valence-corrected chi connectivity index (χ2v) is 6.07. The maximum absolute atomic E-state index is 12.1. The Morgan fingerprint density at radius 1 is 1.21 bits per heavy atom. The van der Waals surface area contributed by atoms with E-state index in [0.29, 0.717) is 5.92 Å². The van der Waals surface area contributed by atoms with E-state index in [0.717, 1.165) is 45.2 Å². The summed E-state index contributed by atoms with van der Waals surface area (Å²) in [4.78, 5) is 24.9. The summed E-state index contributed by atoms with van der Waals surface area (Å²) < 4.78 is 0. The Kier molecular flexibility index (Phi) is 4.80. The van der Waals surface area contributed by atoms with Crippen LogP contribution in [0.4, 0.5) is 0 Å². The summed E-state index contributed by atoms with van der Waals surface area (Å²) in [5.74, 6) is -0.0856. The van der Waals surface area contributed by atoms with Gasteiger partial charge < -0.3 is 15.3 Å². The zero-order valence-corrected chi connectivity index (χ0v) is 11.6. The van der Waals surface area contributed by atoms with Crippen molar-refractivity contribution in [3.63, 3.8) is 0 Å². The summed E-state index contributed by atoms with van der Waals surface area (Å²) >= 11 is 0. The first kappa shape index (κ1) is 14.3.